The summed E-state index contributed by atoms with van der Waals surface area (Å²) in [7, 11) is 3.53. The maximum absolute atomic E-state index is 13.0. The van der Waals surface area contributed by atoms with Gasteiger partial charge in [0.05, 0.1) is 10.4 Å². The standard InChI is InChI=1S/C21H36N4O4S/c1-6-8-9-10-11-12-13-22-21(29)23-18-16(20(27)28)15(3)17(30-18)19(26)25(14-7-2)24(4)5/h6-14H2,1-5H3,(H,27,28)(H2,22,23,29). The second-order valence-electron chi connectivity index (χ2n) is 7.49. The molecular weight excluding hydrogens is 404 g/mol. The molecule has 0 spiro atoms. The van der Waals surface area contributed by atoms with Crippen molar-refractivity contribution in [2.24, 2.45) is 0 Å². The van der Waals surface area contributed by atoms with E-state index in [4.69, 9.17) is 0 Å². The number of carbonyl (C=O) groups is 3. The minimum Gasteiger partial charge on any atom is -0.478 e. The lowest BCUT2D eigenvalue weighted by Crippen LogP contribution is -2.42. The third kappa shape index (κ3) is 7.60. The van der Waals surface area contributed by atoms with Gasteiger partial charge >= 0.3 is 12.0 Å². The quantitative estimate of drug-likeness (QED) is 0.308. The Labute approximate surface area is 183 Å². The molecule has 1 heterocycles. The Hall–Kier alpha value is -2.13. The van der Waals surface area contributed by atoms with Gasteiger partial charge in [-0.15, -0.1) is 11.3 Å². The van der Waals surface area contributed by atoms with Crippen molar-refractivity contribution in [2.45, 2.75) is 65.7 Å². The summed E-state index contributed by atoms with van der Waals surface area (Å²) in [6, 6.07) is -0.454. The summed E-state index contributed by atoms with van der Waals surface area (Å²) in [4.78, 5) is 37.3. The van der Waals surface area contributed by atoms with Crippen molar-refractivity contribution in [1.82, 2.24) is 15.3 Å². The molecule has 0 aliphatic heterocycles. The number of hydrazine groups is 1. The van der Waals surface area contributed by atoms with Crippen LogP contribution in [0.25, 0.3) is 0 Å². The van der Waals surface area contributed by atoms with E-state index >= 15 is 0 Å². The molecule has 170 valence electrons. The number of nitrogens with zero attached hydrogens (tertiary/aromatic N) is 2. The van der Waals surface area contributed by atoms with E-state index in [2.05, 4.69) is 17.6 Å². The zero-order valence-electron chi connectivity index (χ0n) is 18.8. The smallest absolute Gasteiger partial charge is 0.339 e. The van der Waals surface area contributed by atoms with Gasteiger partial charge in [0.15, 0.2) is 0 Å². The maximum Gasteiger partial charge on any atom is 0.339 e. The molecule has 0 atom stereocenters. The molecule has 0 aromatic carbocycles. The fourth-order valence-electron chi connectivity index (χ4n) is 3.13. The van der Waals surface area contributed by atoms with Gasteiger partial charge in [0, 0.05) is 27.2 Å². The monoisotopic (exact) mass is 440 g/mol. The largest absolute Gasteiger partial charge is 0.478 e. The van der Waals surface area contributed by atoms with E-state index < -0.39 is 12.0 Å². The summed E-state index contributed by atoms with van der Waals surface area (Å²) >= 11 is 1.00. The number of urea groups is 1. The van der Waals surface area contributed by atoms with Gasteiger partial charge < -0.3 is 10.4 Å². The van der Waals surface area contributed by atoms with Crippen molar-refractivity contribution in [3.8, 4) is 0 Å². The van der Waals surface area contributed by atoms with Crippen LogP contribution in [-0.4, -0.2) is 60.2 Å². The van der Waals surface area contributed by atoms with Gasteiger partial charge in [-0.25, -0.2) is 14.6 Å². The van der Waals surface area contributed by atoms with Crippen molar-refractivity contribution in [1.29, 1.82) is 0 Å². The number of carboxylic acid groups (broad SMARTS) is 1. The summed E-state index contributed by atoms with van der Waals surface area (Å²) in [5, 5.41) is 18.4. The van der Waals surface area contributed by atoms with Crippen molar-refractivity contribution in [3.05, 3.63) is 16.0 Å². The van der Waals surface area contributed by atoms with Crippen LogP contribution in [0.15, 0.2) is 0 Å². The molecule has 0 saturated heterocycles. The van der Waals surface area contributed by atoms with Gasteiger partial charge in [-0.05, 0) is 25.3 Å². The lowest BCUT2D eigenvalue weighted by molar-refractivity contribution is 0.0205. The minimum absolute atomic E-state index is 0.0340. The molecule has 0 radical (unpaired) electrons. The number of aromatic carboxylic acids is 1. The van der Waals surface area contributed by atoms with E-state index in [1.807, 2.05) is 6.92 Å². The maximum atomic E-state index is 13.0. The summed E-state index contributed by atoms with van der Waals surface area (Å²) in [6.07, 6.45) is 7.48. The van der Waals surface area contributed by atoms with E-state index in [1.165, 1.54) is 19.3 Å². The van der Waals surface area contributed by atoms with E-state index in [0.717, 1.165) is 37.0 Å². The topological polar surface area (TPSA) is 102 Å². The van der Waals surface area contributed by atoms with Gasteiger partial charge in [-0.3, -0.25) is 15.1 Å². The molecule has 1 rings (SSSR count). The van der Waals surface area contributed by atoms with Crippen molar-refractivity contribution >= 4 is 34.2 Å². The molecule has 3 amide bonds. The molecule has 0 aliphatic rings. The van der Waals surface area contributed by atoms with Crippen LogP contribution in [0, 0.1) is 6.92 Å². The van der Waals surface area contributed by atoms with Crippen LogP contribution in [0.2, 0.25) is 0 Å². The SMILES string of the molecule is CCCCCCCCNC(=O)Nc1sc(C(=O)N(CCC)N(C)C)c(C)c1C(=O)O. The first-order valence-corrected chi connectivity index (χ1v) is 11.5. The highest BCUT2D eigenvalue weighted by Crippen LogP contribution is 2.34. The second kappa shape index (κ2) is 13.2. The number of amides is 3. The van der Waals surface area contributed by atoms with E-state index in [9.17, 15) is 19.5 Å². The van der Waals surface area contributed by atoms with Gasteiger partial charge in [-0.2, -0.15) is 0 Å². The molecule has 0 fully saturated rings. The van der Waals surface area contributed by atoms with Crippen LogP contribution in [0.1, 0.15) is 84.4 Å². The third-order valence-electron chi connectivity index (χ3n) is 4.75. The lowest BCUT2D eigenvalue weighted by Gasteiger charge is -2.28. The first-order chi connectivity index (χ1) is 14.2. The average Bonchev–Trinajstić information content (AvgIpc) is 3.00. The molecule has 8 nitrogen and oxygen atoms in total. The number of rotatable bonds is 13. The molecular formula is C21H36N4O4S. The Kier molecular flexibility index (Phi) is 11.4. The van der Waals surface area contributed by atoms with Crippen LogP contribution < -0.4 is 10.6 Å². The second-order valence-corrected chi connectivity index (χ2v) is 8.51. The Bertz CT molecular complexity index is 718. The van der Waals surface area contributed by atoms with Crippen LogP contribution in [0.5, 0.6) is 0 Å². The number of thiophene rings is 1. The summed E-state index contributed by atoms with van der Waals surface area (Å²) < 4.78 is 0. The molecule has 1 aromatic rings. The Balaban J connectivity index is 2.82. The molecule has 30 heavy (non-hydrogen) atoms. The first-order valence-electron chi connectivity index (χ1n) is 10.6. The van der Waals surface area contributed by atoms with Crippen LogP contribution in [0.3, 0.4) is 0 Å². The summed E-state index contributed by atoms with van der Waals surface area (Å²) in [5.41, 5.74) is 0.333. The Morgan fingerprint density at radius 2 is 1.63 bits per heavy atom. The Morgan fingerprint density at radius 3 is 2.20 bits per heavy atom. The zero-order valence-corrected chi connectivity index (χ0v) is 19.7. The summed E-state index contributed by atoms with van der Waals surface area (Å²) in [6.45, 7) is 6.79. The zero-order chi connectivity index (χ0) is 22.7. The Morgan fingerprint density at radius 1 is 1.00 bits per heavy atom. The fourth-order valence-corrected chi connectivity index (χ4v) is 4.27. The predicted octanol–water partition coefficient (Wildman–Crippen LogP) is 4.57. The van der Waals surface area contributed by atoms with Gasteiger partial charge in [0.2, 0.25) is 0 Å². The minimum atomic E-state index is -1.17. The first kappa shape index (κ1) is 25.9. The van der Waals surface area contributed by atoms with Crippen molar-refractivity contribution in [2.75, 3.05) is 32.5 Å². The molecule has 3 N–H and O–H groups in total. The van der Waals surface area contributed by atoms with Crippen LogP contribution >= 0.6 is 11.3 Å². The third-order valence-corrected chi connectivity index (χ3v) is 5.95. The molecule has 0 unspecified atom stereocenters. The lowest BCUT2D eigenvalue weighted by atomic mass is 10.1. The molecule has 9 heteroatoms. The molecule has 1 aromatic heterocycles. The number of unbranched alkanes of at least 4 members (excludes halogenated alkanes) is 5. The van der Waals surface area contributed by atoms with Crippen LogP contribution in [0.4, 0.5) is 9.80 Å². The van der Waals surface area contributed by atoms with E-state index in [-0.39, 0.29) is 16.5 Å². The van der Waals surface area contributed by atoms with Gasteiger partial charge in [0.1, 0.15) is 5.00 Å². The highest BCUT2D eigenvalue weighted by atomic mass is 32.1. The van der Waals surface area contributed by atoms with Gasteiger partial charge in [-0.1, -0.05) is 46.0 Å². The predicted molar refractivity (Wildman–Crippen MR) is 121 cm³/mol. The molecule has 0 bridgehead atoms. The number of carbonyl (C=O) groups excluding carboxylic acids is 2. The summed E-state index contributed by atoms with van der Waals surface area (Å²) in [5.74, 6) is -1.44. The van der Waals surface area contributed by atoms with Crippen molar-refractivity contribution in [3.63, 3.8) is 0 Å². The fraction of sp³-hybridized carbons (Fsp3) is 0.667. The highest BCUT2D eigenvalue weighted by Gasteiger charge is 2.28. The van der Waals surface area contributed by atoms with E-state index in [1.54, 1.807) is 31.0 Å². The average molecular weight is 441 g/mol. The number of anilines is 1. The normalized spacial score (nSPS) is 10.9. The van der Waals surface area contributed by atoms with Crippen LogP contribution in [-0.2, 0) is 0 Å². The molecule has 0 aliphatic carbocycles. The van der Waals surface area contributed by atoms with Crippen molar-refractivity contribution < 1.29 is 19.5 Å². The van der Waals surface area contributed by atoms with Gasteiger partial charge in [0.25, 0.3) is 5.91 Å². The number of nitrogens with one attached hydrogen (secondary N) is 2. The number of hydrogen-bond acceptors (Lipinski definition) is 5. The number of hydrogen-bond donors (Lipinski definition) is 3. The highest BCUT2D eigenvalue weighted by molar-refractivity contribution is 7.18. The van der Waals surface area contributed by atoms with E-state index in [0.29, 0.717) is 23.5 Å². The number of carboxylic acids is 1. The molecule has 0 saturated carbocycles.